The van der Waals surface area contributed by atoms with Crippen LogP contribution in [-0.2, 0) is 0 Å². The monoisotopic (exact) mass is 206 g/mol. The molecule has 1 aromatic heterocycles. The van der Waals surface area contributed by atoms with Crippen molar-refractivity contribution in [1.29, 1.82) is 0 Å². The average molecular weight is 206 g/mol. The van der Waals surface area contributed by atoms with E-state index in [9.17, 15) is 0 Å². The highest BCUT2D eigenvalue weighted by Gasteiger charge is 2.21. The van der Waals surface area contributed by atoms with Crippen LogP contribution in [0.25, 0.3) is 0 Å². The van der Waals surface area contributed by atoms with Crippen LogP contribution in [0.4, 0.5) is 5.82 Å². The van der Waals surface area contributed by atoms with Crippen LogP contribution in [0.3, 0.4) is 0 Å². The molecular formula is C13H22N2. The molecule has 0 N–H and O–H groups in total. The van der Waals surface area contributed by atoms with Crippen molar-refractivity contribution >= 4 is 5.82 Å². The third kappa shape index (κ3) is 3.22. The summed E-state index contributed by atoms with van der Waals surface area (Å²) in [6, 6.07) is 6.12. The minimum atomic E-state index is 0.877. The second-order valence-electron chi connectivity index (χ2n) is 3.70. The molecule has 15 heavy (non-hydrogen) atoms. The Hall–Kier alpha value is -1.05. The first-order valence-corrected chi connectivity index (χ1v) is 6.06. The molecule has 0 unspecified atom stereocenters. The van der Waals surface area contributed by atoms with E-state index in [1.807, 2.05) is 26.1 Å². The molecule has 0 amide bonds. The van der Waals surface area contributed by atoms with Gasteiger partial charge in [0.05, 0.1) is 0 Å². The molecule has 0 aliphatic carbocycles. The Morgan fingerprint density at radius 1 is 1.40 bits per heavy atom. The number of aromatic nitrogens is 1. The van der Waals surface area contributed by atoms with Gasteiger partial charge < -0.3 is 4.90 Å². The largest absolute Gasteiger partial charge is 0.356 e. The van der Waals surface area contributed by atoms with Crippen LogP contribution in [0.5, 0.6) is 0 Å². The fourth-order valence-corrected chi connectivity index (χ4v) is 1.91. The van der Waals surface area contributed by atoms with Gasteiger partial charge in [-0.2, -0.15) is 0 Å². The number of hydrogen-bond donors (Lipinski definition) is 0. The van der Waals surface area contributed by atoms with Crippen molar-refractivity contribution in [3.8, 4) is 0 Å². The van der Waals surface area contributed by atoms with Gasteiger partial charge in [0.15, 0.2) is 0 Å². The summed E-state index contributed by atoms with van der Waals surface area (Å²) in [7, 11) is 0. The third-order valence-electron chi connectivity index (χ3n) is 2.84. The van der Waals surface area contributed by atoms with Crippen molar-refractivity contribution in [2.75, 3.05) is 18.0 Å². The second kappa shape index (κ2) is 6.44. The van der Waals surface area contributed by atoms with Gasteiger partial charge in [0.2, 0.25) is 0 Å². The molecule has 2 heterocycles. The van der Waals surface area contributed by atoms with Crippen LogP contribution >= 0.6 is 0 Å². The highest BCUT2D eigenvalue weighted by molar-refractivity contribution is 5.38. The van der Waals surface area contributed by atoms with Crippen molar-refractivity contribution in [2.45, 2.75) is 33.6 Å². The van der Waals surface area contributed by atoms with E-state index >= 15 is 0 Å². The van der Waals surface area contributed by atoms with Crippen molar-refractivity contribution in [3.63, 3.8) is 0 Å². The first-order chi connectivity index (χ1) is 7.40. The molecule has 1 fully saturated rings. The van der Waals surface area contributed by atoms with Crippen molar-refractivity contribution in [3.05, 3.63) is 24.4 Å². The highest BCUT2D eigenvalue weighted by atomic mass is 15.2. The van der Waals surface area contributed by atoms with Gasteiger partial charge in [-0.15, -0.1) is 0 Å². The molecule has 2 heteroatoms. The predicted molar refractivity (Wildman–Crippen MR) is 66.2 cm³/mol. The maximum Gasteiger partial charge on any atom is 0.128 e. The number of anilines is 1. The van der Waals surface area contributed by atoms with Gasteiger partial charge in [-0.25, -0.2) is 4.98 Å². The van der Waals surface area contributed by atoms with E-state index < -0.39 is 0 Å². The van der Waals surface area contributed by atoms with Gasteiger partial charge in [-0.3, -0.25) is 0 Å². The molecule has 2 nitrogen and oxygen atoms in total. The highest BCUT2D eigenvalue weighted by Crippen LogP contribution is 2.23. The quantitative estimate of drug-likeness (QED) is 0.737. The van der Waals surface area contributed by atoms with Gasteiger partial charge in [-0.1, -0.05) is 33.3 Å². The molecule has 1 aliphatic rings. The van der Waals surface area contributed by atoms with E-state index in [2.05, 4.69) is 28.9 Å². The van der Waals surface area contributed by atoms with Crippen LogP contribution in [0.2, 0.25) is 0 Å². The topological polar surface area (TPSA) is 16.1 Å². The molecule has 1 atom stereocenters. The molecule has 0 spiro atoms. The summed E-state index contributed by atoms with van der Waals surface area (Å²) in [5.41, 5.74) is 0. The number of hydrogen-bond acceptors (Lipinski definition) is 2. The van der Waals surface area contributed by atoms with Gasteiger partial charge in [0.25, 0.3) is 0 Å². The zero-order valence-electron chi connectivity index (χ0n) is 10.1. The summed E-state index contributed by atoms with van der Waals surface area (Å²) >= 11 is 0. The summed E-state index contributed by atoms with van der Waals surface area (Å²) in [4.78, 5) is 6.74. The van der Waals surface area contributed by atoms with Crippen molar-refractivity contribution in [1.82, 2.24) is 4.98 Å². The molecule has 1 saturated heterocycles. The van der Waals surface area contributed by atoms with Gasteiger partial charge >= 0.3 is 0 Å². The van der Waals surface area contributed by atoms with Gasteiger partial charge in [0, 0.05) is 19.3 Å². The Bertz CT molecular complexity index is 258. The smallest absolute Gasteiger partial charge is 0.128 e. The predicted octanol–water partition coefficient (Wildman–Crippen LogP) is 3.34. The molecular weight excluding hydrogens is 184 g/mol. The van der Waals surface area contributed by atoms with Crippen LogP contribution in [0, 0.1) is 5.92 Å². The molecule has 0 saturated carbocycles. The molecule has 84 valence electrons. The molecule has 0 bridgehead atoms. The Balaban J connectivity index is 0.000000531. The molecule has 0 aromatic carbocycles. The number of nitrogens with zero attached hydrogens (tertiary/aromatic N) is 2. The van der Waals surface area contributed by atoms with Crippen molar-refractivity contribution in [2.24, 2.45) is 5.92 Å². The van der Waals surface area contributed by atoms with E-state index in [1.54, 1.807) is 0 Å². The Morgan fingerprint density at radius 2 is 2.20 bits per heavy atom. The van der Waals surface area contributed by atoms with E-state index in [0.29, 0.717) is 0 Å². The van der Waals surface area contributed by atoms with Crippen LogP contribution in [0.15, 0.2) is 24.4 Å². The molecule has 0 radical (unpaired) electrons. The Morgan fingerprint density at radius 3 is 2.73 bits per heavy atom. The lowest BCUT2D eigenvalue weighted by Gasteiger charge is -2.16. The lowest BCUT2D eigenvalue weighted by molar-refractivity contribution is 0.569. The number of rotatable bonds is 2. The zero-order valence-corrected chi connectivity index (χ0v) is 10.1. The lowest BCUT2D eigenvalue weighted by atomic mass is 10.1. The Labute approximate surface area is 93.3 Å². The summed E-state index contributed by atoms with van der Waals surface area (Å²) < 4.78 is 0. The zero-order chi connectivity index (χ0) is 11.1. The first kappa shape index (κ1) is 12.0. The minimum absolute atomic E-state index is 0.877. The number of pyridine rings is 1. The Kier molecular flexibility index (Phi) is 5.16. The second-order valence-corrected chi connectivity index (χ2v) is 3.70. The fraction of sp³-hybridized carbons (Fsp3) is 0.615. The van der Waals surface area contributed by atoms with E-state index in [1.165, 1.54) is 25.9 Å². The third-order valence-corrected chi connectivity index (χ3v) is 2.84. The van der Waals surface area contributed by atoms with Crippen LogP contribution in [-0.4, -0.2) is 18.1 Å². The van der Waals surface area contributed by atoms with Crippen LogP contribution in [0.1, 0.15) is 33.6 Å². The van der Waals surface area contributed by atoms with Crippen LogP contribution < -0.4 is 4.90 Å². The summed E-state index contributed by atoms with van der Waals surface area (Å²) in [6.07, 6.45) is 4.49. The summed E-state index contributed by atoms with van der Waals surface area (Å²) in [5.74, 6) is 2.01. The normalized spacial score (nSPS) is 19.7. The fourth-order valence-electron chi connectivity index (χ4n) is 1.91. The maximum atomic E-state index is 4.36. The molecule has 2 rings (SSSR count). The maximum absolute atomic E-state index is 4.36. The first-order valence-electron chi connectivity index (χ1n) is 6.06. The van der Waals surface area contributed by atoms with E-state index in [0.717, 1.165) is 11.7 Å². The minimum Gasteiger partial charge on any atom is -0.356 e. The van der Waals surface area contributed by atoms with Crippen molar-refractivity contribution < 1.29 is 0 Å². The molecule has 1 aliphatic heterocycles. The standard InChI is InChI=1S/C11H16N2.C2H6/c1-2-10-6-8-13(9-10)11-5-3-4-7-12-11;1-2/h3-5,7,10H,2,6,8-9H2,1H3;1-2H3/t10-;/m1./s1. The van der Waals surface area contributed by atoms with Gasteiger partial charge in [-0.05, 0) is 24.5 Å². The van der Waals surface area contributed by atoms with Gasteiger partial charge in [0.1, 0.15) is 5.82 Å². The summed E-state index contributed by atoms with van der Waals surface area (Å²) in [6.45, 7) is 8.63. The SMILES string of the molecule is CC.CC[C@@H]1CCN(c2ccccn2)C1. The van der Waals surface area contributed by atoms with E-state index in [4.69, 9.17) is 0 Å². The van der Waals surface area contributed by atoms with E-state index in [-0.39, 0.29) is 0 Å². The average Bonchev–Trinajstić information content (AvgIpc) is 2.81. The lowest BCUT2D eigenvalue weighted by Crippen LogP contribution is -2.20. The molecule has 1 aromatic rings. The summed E-state index contributed by atoms with van der Waals surface area (Å²) in [5, 5.41) is 0.